The molecule has 2 aromatic rings. The number of rotatable bonds is 3. The number of carbonyl (C=O) groups is 1. The van der Waals surface area contributed by atoms with E-state index in [0.717, 1.165) is 5.56 Å². The van der Waals surface area contributed by atoms with Gasteiger partial charge in [-0.05, 0) is 12.5 Å². The molecule has 0 aliphatic carbocycles. The van der Waals surface area contributed by atoms with Crippen molar-refractivity contribution in [1.29, 1.82) is 0 Å². The number of aromatic nitrogens is 1. The third-order valence-corrected chi connectivity index (χ3v) is 2.29. The quantitative estimate of drug-likeness (QED) is 0.841. The molecule has 3 N–H and O–H groups in total. The van der Waals surface area contributed by atoms with Crippen molar-refractivity contribution >= 4 is 11.9 Å². The fourth-order valence-corrected chi connectivity index (χ4v) is 1.41. The number of nitrogens with one attached hydrogen (secondary N) is 1. The van der Waals surface area contributed by atoms with Crippen molar-refractivity contribution < 1.29 is 9.21 Å². The summed E-state index contributed by atoms with van der Waals surface area (Å²) in [6, 6.07) is 8.55. The standard InChI is InChI=1S/C12H13N3O2/c1-8-7-17-12(14-8)15-11(16)10(13)9-5-3-2-4-6-9/h2-7,10H,13H2,1H3,(H,14,15,16)/t10-/m1/s1. The highest BCUT2D eigenvalue weighted by atomic mass is 16.4. The van der Waals surface area contributed by atoms with Crippen molar-refractivity contribution in [1.82, 2.24) is 4.98 Å². The lowest BCUT2D eigenvalue weighted by Gasteiger charge is -2.10. The third-order valence-electron chi connectivity index (χ3n) is 2.29. The maximum Gasteiger partial charge on any atom is 0.301 e. The molecule has 1 heterocycles. The van der Waals surface area contributed by atoms with Gasteiger partial charge in [-0.15, -0.1) is 0 Å². The molecule has 0 aliphatic rings. The van der Waals surface area contributed by atoms with Gasteiger partial charge < -0.3 is 10.2 Å². The summed E-state index contributed by atoms with van der Waals surface area (Å²) in [5.74, 6) is -0.349. The monoisotopic (exact) mass is 231 g/mol. The summed E-state index contributed by atoms with van der Waals surface area (Å²) in [5.41, 5.74) is 7.26. The van der Waals surface area contributed by atoms with Crippen molar-refractivity contribution in [2.75, 3.05) is 5.32 Å². The second kappa shape index (κ2) is 4.80. The van der Waals surface area contributed by atoms with Crippen molar-refractivity contribution in [2.24, 2.45) is 5.73 Å². The summed E-state index contributed by atoms with van der Waals surface area (Å²) >= 11 is 0. The number of oxazole rings is 1. The van der Waals surface area contributed by atoms with E-state index in [4.69, 9.17) is 10.2 Å². The van der Waals surface area contributed by atoms with Crippen LogP contribution in [0.3, 0.4) is 0 Å². The Hall–Kier alpha value is -2.14. The Labute approximate surface area is 98.6 Å². The third kappa shape index (κ3) is 2.70. The molecule has 0 spiro atoms. The van der Waals surface area contributed by atoms with Crippen LogP contribution in [0, 0.1) is 6.92 Å². The number of anilines is 1. The lowest BCUT2D eigenvalue weighted by atomic mass is 10.1. The minimum absolute atomic E-state index is 0.166. The Kier molecular flexibility index (Phi) is 3.20. The average Bonchev–Trinajstić information content (AvgIpc) is 2.75. The van der Waals surface area contributed by atoms with Crippen LogP contribution in [0.15, 0.2) is 41.0 Å². The number of hydrogen-bond acceptors (Lipinski definition) is 4. The molecule has 0 saturated carbocycles. The topological polar surface area (TPSA) is 81.2 Å². The summed E-state index contributed by atoms with van der Waals surface area (Å²) in [6.07, 6.45) is 1.46. The molecule has 5 heteroatoms. The molecular formula is C12H13N3O2. The fourth-order valence-electron chi connectivity index (χ4n) is 1.41. The largest absolute Gasteiger partial charge is 0.432 e. The predicted molar refractivity (Wildman–Crippen MR) is 63.2 cm³/mol. The number of aryl methyl sites for hydroxylation is 1. The molecule has 0 aliphatic heterocycles. The predicted octanol–water partition coefficient (Wildman–Crippen LogP) is 1.62. The van der Waals surface area contributed by atoms with E-state index in [1.165, 1.54) is 6.26 Å². The zero-order chi connectivity index (χ0) is 12.3. The first-order valence-electron chi connectivity index (χ1n) is 5.20. The molecule has 2 rings (SSSR count). The van der Waals surface area contributed by atoms with Crippen molar-refractivity contribution in [3.63, 3.8) is 0 Å². The van der Waals surface area contributed by atoms with Gasteiger partial charge in [0, 0.05) is 0 Å². The Morgan fingerprint density at radius 2 is 2.12 bits per heavy atom. The lowest BCUT2D eigenvalue weighted by Crippen LogP contribution is -2.27. The highest BCUT2D eigenvalue weighted by molar-refractivity contribution is 5.93. The van der Waals surface area contributed by atoms with Crippen LogP contribution in [0.25, 0.3) is 0 Å². The van der Waals surface area contributed by atoms with Crippen LogP contribution in [-0.2, 0) is 4.79 Å². The minimum Gasteiger partial charge on any atom is -0.432 e. The van der Waals surface area contributed by atoms with Crippen LogP contribution >= 0.6 is 0 Å². The smallest absolute Gasteiger partial charge is 0.301 e. The molecule has 17 heavy (non-hydrogen) atoms. The average molecular weight is 231 g/mol. The second-order valence-corrected chi connectivity index (χ2v) is 3.67. The van der Waals surface area contributed by atoms with Gasteiger partial charge in [-0.1, -0.05) is 30.3 Å². The normalized spacial score (nSPS) is 12.1. The molecule has 0 saturated heterocycles. The van der Waals surface area contributed by atoms with Crippen LogP contribution in [-0.4, -0.2) is 10.9 Å². The van der Waals surface area contributed by atoms with Gasteiger partial charge in [-0.25, -0.2) is 0 Å². The molecule has 0 fully saturated rings. The first-order chi connectivity index (χ1) is 8.16. The van der Waals surface area contributed by atoms with E-state index in [2.05, 4.69) is 10.3 Å². The molecule has 1 aromatic heterocycles. The number of nitrogens with zero attached hydrogens (tertiary/aromatic N) is 1. The molecule has 88 valence electrons. The van der Waals surface area contributed by atoms with E-state index in [1.54, 1.807) is 19.1 Å². The molecule has 5 nitrogen and oxygen atoms in total. The molecule has 1 amide bonds. The van der Waals surface area contributed by atoms with Gasteiger partial charge in [0.15, 0.2) is 0 Å². The van der Waals surface area contributed by atoms with Crippen molar-refractivity contribution in [2.45, 2.75) is 13.0 Å². The maximum absolute atomic E-state index is 11.8. The number of carbonyl (C=O) groups excluding carboxylic acids is 1. The van der Waals surface area contributed by atoms with Crippen LogP contribution < -0.4 is 11.1 Å². The van der Waals surface area contributed by atoms with Gasteiger partial charge in [0.2, 0.25) is 5.91 Å². The Balaban J connectivity index is 2.06. The molecule has 0 bridgehead atoms. The molecule has 1 aromatic carbocycles. The van der Waals surface area contributed by atoms with E-state index < -0.39 is 6.04 Å². The first-order valence-corrected chi connectivity index (χ1v) is 5.20. The fraction of sp³-hybridized carbons (Fsp3) is 0.167. The lowest BCUT2D eigenvalue weighted by molar-refractivity contribution is -0.117. The zero-order valence-corrected chi connectivity index (χ0v) is 9.38. The number of hydrogen-bond donors (Lipinski definition) is 2. The van der Waals surface area contributed by atoms with Gasteiger partial charge in [-0.3, -0.25) is 10.1 Å². The molecule has 0 unspecified atom stereocenters. The van der Waals surface area contributed by atoms with E-state index >= 15 is 0 Å². The van der Waals surface area contributed by atoms with E-state index in [0.29, 0.717) is 5.69 Å². The summed E-state index contributed by atoms with van der Waals surface area (Å²) in [4.78, 5) is 15.8. The maximum atomic E-state index is 11.8. The van der Waals surface area contributed by atoms with Gasteiger partial charge in [0.25, 0.3) is 0 Å². The van der Waals surface area contributed by atoms with Crippen LogP contribution in [0.5, 0.6) is 0 Å². The van der Waals surface area contributed by atoms with Crippen molar-refractivity contribution in [3.8, 4) is 0 Å². The molecule has 0 radical (unpaired) electrons. The van der Waals surface area contributed by atoms with Crippen LogP contribution in [0.1, 0.15) is 17.3 Å². The van der Waals surface area contributed by atoms with Crippen molar-refractivity contribution in [3.05, 3.63) is 47.9 Å². The summed E-state index contributed by atoms with van der Waals surface area (Å²) in [6.45, 7) is 1.77. The second-order valence-electron chi connectivity index (χ2n) is 3.67. The molecule has 1 atom stereocenters. The number of nitrogens with two attached hydrogens (primary N) is 1. The van der Waals surface area contributed by atoms with Gasteiger partial charge in [0.05, 0.1) is 5.69 Å². The summed E-state index contributed by atoms with van der Waals surface area (Å²) in [5, 5.41) is 2.52. The van der Waals surface area contributed by atoms with Crippen LogP contribution in [0.4, 0.5) is 6.01 Å². The highest BCUT2D eigenvalue weighted by Crippen LogP contribution is 2.13. The minimum atomic E-state index is -0.733. The van der Waals surface area contributed by atoms with Crippen LogP contribution in [0.2, 0.25) is 0 Å². The first kappa shape index (κ1) is 11.3. The highest BCUT2D eigenvalue weighted by Gasteiger charge is 2.17. The number of amides is 1. The van der Waals surface area contributed by atoms with E-state index in [9.17, 15) is 4.79 Å². The number of benzene rings is 1. The Morgan fingerprint density at radius 3 is 2.71 bits per heavy atom. The van der Waals surface area contributed by atoms with E-state index in [1.807, 2.05) is 18.2 Å². The summed E-state index contributed by atoms with van der Waals surface area (Å²) < 4.78 is 5.02. The van der Waals surface area contributed by atoms with Gasteiger partial charge >= 0.3 is 6.01 Å². The Morgan fingerprint density at radius 1 is 1.41 bits per heavy atom. The van der Waals surface area contributed by atoms with Gasteiger partial charge in [-0.2, -0.15) is 4.98 Å². The zero-order valence-electron chi connectivity index (χ0n) is 9.38. The SMILES string of the molecule is Cc1coc(NC(=O)[C@H](N)c2ccccc2)n1. The van der Waals surface area contributed by atoms with Gasteiger partial charge in [0.1, 0.15) is 12.3 Å². The summed E-state index contributed by atoms with van der Waals surface area (Å²) in [7, 11) is 0. The van der Waals surface area contributed by atoms with E-state index in [-0.39, 0.29) is 11.9 Å². The Bertz CT molecular complexity index is 507. The molecular weight excluding hydrogens is 218 g/mol.